The zero-order chi connectivity index (χ0) is 15.2. The minimum atomic E-state index is 0.0403. The van der Waals surface area contributed by atoms with E-state index in [1.807, 2.05) is 30.3 Å². The largest absolute Gasteiger partial charge is 0.372 e. The van der Waals surface area contributed by atoms with Crippen LogP contribution in [0.25, 0.3) is 6.08 Å². The van der Waals surface area contributed by atoms with Gasteiger partial charge in [0.1, 0.15) is 0 Å². The molecule has 0 spiro atoms. The summed E-state index contributed by atoms with van der Waals surface area (Å²) in [5.41, 5.74) is 2.25. The van der Waals surface area contributed by atoms with Crippen LogP contribution in [0.1, 0.15) is 29.1 Å². The molecule has 21 heavy (non-hydrogen) atoms. The van der Waals surface area contributed by atoms with E-state index in [1.54, 1.807) is 6.08 Å². The topological polar surface area (TPSA) is 20.3 Å². The van der Waals surface area contributed by atoms with E-state index < -0.39 is 0 Å². The summed E-state index contributed by atoms with van der Waals surface area (Å²) in [6, 6.07) is 12.0. The van der Waals surface area contributed by atoms with Gasteiger partial charge in [0, 0.05) is 18.8 Å². The van der Waals surface area contributed by atoms with Crippen LogP contribution in [-0.4, -0.2) is 18.9 Å². The molecule has 0 atom stereocenters. The molecule has 2 nitrogen and oxygen atoms in total. The first-order valence-electron chi connectivity index (χ1n) is 6.96. The minimum absolute atomic E-state index is 0.0403. The summed E-state index contributed by atoms with van der Waals surface area (Å²) in [5, 5.41) is 0. The van der Waals surface area contributed by atoms with Gasteiger partial charge in [-0.3, -0.25) is 4.79 Å². The molecular weight excluding hydrogens is 346 g/mol. The summed E-state index contributed by atoms with van der Waals surface area (Å²) < 4.78 is 0.975. The van der Waals surface area contributed by atoms with Crippen LogP contribution in [0.3, 0.4) is 0 Å². The zero-order valence-corrected chi connectivity index (χ0v) is 14.6. The fourth-order valence-electron chi connectivity index (χ4n) is 2.09. The molecule has 0 unspecified atom stereocenters. The third-order valence-corrected chi connectivity index (χ3v) is 4.90. The molecule has 0 amide bonds. The van der Waals surface area contributed by atoms with E-state index in [2.05, 4.69) is 46.8 Å². The summed E-state index contributed by atoms with van der Waals surface area (Å²) in [6.07, 6.45) is 3.49. The number of carbonyl (C=O) groups excluding carboxylic acids is 1. The Kier molecular flexibility index (Phi) is 5.76. The lowest BCUT2D eigenvalue weighted by Gasteiger charge is -2.20. The second kappa shape index (κ2) is 7.57. The Hall–Kier alpha value is -1.39. The van der Waals surface area contributed by atoms with Gasteiger partial charge in [-0.2, -0.15) is 0 Å². The van der Waals surface area contributed by atoms with E-state index >= 15 is 0 Å². The third kappa shape index (κ3) is 4.29. The number of halogens is 1. The summed E-state index contributed by atoms with van der Waals surface area (Å²) in [5.74, 6) is 0.0403. The van der Waals surface area contributed by atoms with E-state index in [1.165, 1.54) is 17.0 Å². The summed E-state index contributed by atoms with van der Waals surface area (Å²) in [6.45, 7) is 6.29. The molecule has 0 aliphatic rings. The molecule has 0 fully saturated rings. The van der Waals surface area contributed by atoms with Crippen LogP contribution in [-0.2, 0) is 0 Å². The van der Waals surface area contributed by atoms with Crippen molar-refractivity contribution in [2.45, 2.75) is 13.8 Å². The van der Waals surface area contributed by atoms with Crippen LogP contribution in [0.4, 0.5) is 5.69 Å². The zero-order valence-electron chi connectivity index (χ0n) is 12.2. The number of anilines is 1. The van der Waals surface area contributed by atoms with Gasteiger partial charge in [-0.25, -0.2) is 0 Å². The van der Waals surface area contributed by atoms with Gasteiger partial charge in [0.2, 0.25) is 0 Å². The highest BCUT2D eigenvalue weighted by atomic mass is 79.9. The van der Waals surface area contributed by atoms with Gasteiger partial charge in [0.25, 0.3) is 0 Å². The Balaban J connectivity index is 2.06. The molecule has 1 aromatic carbocycles. The maximum atomic E-state index is 12.0. The molecule has 0 bridgehead atoms. The maximum absolute atomic E-state index is 12.0. The van der Waals surface area contributed by atoms with E-state index in [9.17, 15) is 4.79 Å². The second-order valence-electron chi connectivity index (χ2n) is 4.57. The van der Waals surface area contributed by atoms with E-state index in [0.717, 1.165) is 27.3 Å². The molecule has 1 aromatic heterocycles. The molecule has 0 saturated carbocycles. The predicted molar refractivity (Wildman–Crippen MR) is 95.4 cm³/mol. The molecule has 0 aliphatic heterocycles. The van der Waals surface area contributed by atoms with Gasteiger partial charge < -0.3 is 4.90 Å². The SMILES string of the molecule is CCN(CC)c1ccc(C=CC(=O)c2ccc(Br)s2)cc1. The molecular formula is C17H18BrNOS. The predicted octanol–water partition coefficient (Wildman–Crippen LogP) is 5.25. The van der Waals surface area contributed by atoms with Crippen molar-refractivity contribution in [3.63, 3.8) is 0 Å². The summed E-state index contributed by atoms with van der Waals surface area (Å²) >= 11 is 4.82. The monoisotopic (exact) mass is 363 g/mol. The maximum Gasteiger partial charge on any atom is 0.195 e. The van der Waals surface area contributed by atoms with Gasteiger partial charge in [-0.15, -0.1) is 11.3 Å². The number of thiophene rings is 1. The van der Waals surface area contributed by atoms with Gasteiger partial charge in [0.05, 0.1) is 8.66 Å². The fraction of sp³-hybridized carbons (Fsp3) is 0.235. The van der Waals surface area contributed by atoms with Crippen molar-refractivity contribution in [1.29, 1.82) is 0 Å². The lowest BCUT2D eigenvalue weighted by molar-refractivity contribution is 0.105. The van der Waals surface area contributed by atoms with Crippen LogP contribution in [0, 0.1) is 0 Å². The average Bonchev–Trinajstić information content (AvgIpc) is 2.94. The Morgan fingerprint density at radius 1 is 1.14 bits per heavy atom. The molecule has 4 heteroatoms. The first-order valence-corrected chi connectivity index (χ1v) is 8.57. The first kappa shape index (κ1) is 16.0. The number of allylic oxidation sites excluding steroid dienone is 1. The standard InChI is InChI=1S/C17H18BrNOS/c1-3-19(4-2)14-8-5-13(6-9-14)7-10-15(20)16-11-12-17(18)21-16/h5-12H,3-4H2,1-2H3. The number of rotatable bonds is 6. The van der Waals surface area contributed by atoms with Crippen molar-refractivity contribution in [3.8, 4) is 0 Å². The number of hydrogen-bond acceptors (Lipinski definition) is 3. The average molecular weight is 364 g/mol. The Labute approximate surface area is 138 Å². The van der Waals surface area contributed by atoms with Crippen molar-refractivity contribution >= 4 is 44.8 Å². The Morgan fingerprint density at radius 3 is 2.33 bits per heavy atom. The van der Waals surface area contributed by atoms with Crippen LogP contribution in [0.15, 0.2) is 46.3 Å². The normalized spacial score (nSPS) is 11.0. The number of nitrogens with zero attached hydrogens (tertiary/aromatic N) is 1. The molecule has 2 rings (SSSR count). The van der Waals surface area contributed by atoms with Gasteiger partial charge in [0.15, 0.2) is 5.78 Å². The van der Waals surface area contributed by atoms with Gasteiger partial charge in [-0.1, -0.05) is 18.2 Å². The lowest BCUT2D eigenvalue weighted by atomic mass is 10.1. The van der Waals surface area contributed by atoms with E-state index in [4.69, 9.17) is 0 Å². The number of ketones is 1. The van der Waals surface area contributed by atoms with Crippen LogP contribution in [0.5, 0.6) is 0 Å². The third-order valence-electron chi connectivity index (χ3n) is 3.26. The molecule has 110 valence electrons. The number of hydrogen-bond donors (Lipinski definition) is 0. The Bertz CT molecular complexity index is 626. The molecule has 0 radical (unpaired) electrons. The number of benzene rings is 1. The van der Waals surface area contributed by atoms with E-state index in [0.29, 0.717) is 0 Å². The van der Waals surface area contributed by atoms with E-state index in [-0.39, 0.29) is 5.78 Å². The summed E-state index contributed by atoms with van der Waals surface area (Å²) in [4.78, 5) is 15.0. The van der Waals surface area contributed by atoms with Crippen molar-refractivity contribution in [2.75, 3.05) is 18.0 Å². The lowest BCUT2D eigenvalue weighted by Crippen LogP contribution is -2.21. The first-order chi connectivity index (χ1) is 10.1. The van der Waals surface area contributed by atoms with Crippen LogP contribution in [0.2, 0.25) is 0 Å². The molecule has 0 N–H and O–H groups in total. The highest BCUT2D eigenvalue weighted by Gasteiger charge is 2.05. The minimum Gasteiger partial charge on any atom is -0.372 e. The fourth-order valence-corrected chi connectivity index (χ4v) is 3.39. The van der Waals surface area contributed by atoms with Crippen molar-refractivity contribution in [3.05, 3.63) is 56.7 Å². The molecule has 0 saturated heterocycles. The van der Waals surface area contributed by atoms with Crippen molar-refractivity contribution in [2.24, 2.45) is 0 Å². The van der Waals surface area contributed by atoms with Gasteiger partial charge >= 0.3 is 0 Å². The Morgan fingerprint density at radius 2 is 1.81 bits per heavy atom. The van der Waals surface area contributed by atoms with Crippen LogP contribution >= 0.6 is 27.3 Å². The number of carbonyl (C=O) groups is 1. The quantitative estimate of drug-likeness (QED) is 0.515. The molecule has 1 heterocycles. The van der Waals surface area contributed by atoms with Crippen molar-refractivity contribution < 1.29 is 4.79 Å². The summed E-state index contributed by atoms with van der Waals surface area (Å²) in [7, 11) is 0. The molecule has 0 aliphatic carbocycles. The van der Waals surface area contributed by atoms with Crippen LogP contribution < -0.4 is 4.90 Å². The highest BCUT2D eigenvalue weighted by Crippen LogP contribution is 2.23. The van der Waals surface area contributed by atoms with Gasteiger partial charge in [-0.05, 0) is 65.7 Å². The second-order valence-corrected chi connectivity index (χ2v) is 7.03. The smallest absolute Gasteiger partial charge is 0.195 e. The highest BCUT2D eigenvalue weighted by molar-refractivity contribution is 9.11. The van der Waals surface area contributed by atoms with Crippen molar-refractivity contribution in [1.82, 2.24) is 0 Å². The molecule has 2 aromatic rings.